The van der Waals surface area contributed by atoms with Gasteiger partial charge in [0.15, 0.2) is 0 Å². The van der Waals surface area contributed by atoms with Gasteiger partial charge in [0.1, 0.15) is 18.0 Å². The number of hydrogen-bond donors (Lipinski definition) is 2. The molecule has 0 aromatic rings. The van der Waals surface area contributed by atoms with Crippen molar-refractivity contribution in [3.8, 4) is 0 Å². The Kier molecular flexibility index (Phi) is 4.45. The summed E-state index contributed by atoms with van der Waals surface area (Å²) < 4.78 is 6.58. The summed E-state index contributed by atoms with van der Waals surface area (Å²) in [6.45, 7) is 16.3. The molecule has 3 nitrogen and oxygen atoms in total. The van der Waals surface area contributed by atoms with Crippen LogP contribution in [0.15, 0.2) is 11.3 Å². The first kappa shape index (κ1) is 22.9. The second-order valence-corrected chi connectivity index (χ2v) is 15.0. The van der Waals surface area contributed by atoms with Crippen LogP contribution in [0.1, 0.15) is 113 Å². The lowest BCUT2D eigenvalue weighted by Gasteiger charge is -2.62. The van der Waals surface area contributed by atoms with Crippen LogP contribution in [-0.4, -0.2) is 28.0 Å². The maximum absolute atomic E-state index is 12.1. The van der Waals surface area contributed by atoms with E-state index in [0.717, 1.165) is 30.4 Å². The van der Waals surface area contributed by atoms with Crippen molar-refractivity contribution >= 4 is 0 Å². The number of fused-ring (bicyclic) bond motifs is 3. The smallest absolute Gasteiger partial charge is 0.125 e. The van der Waals surface area contributed by atoms with Crippen LogP contribution in [0.4, 0.5) is 0 Å². The molecule has 3 heteroatoms. The molecule has 1 heterocycles. The standard InChI is InChI=1S/C30H48O3/c1-18-29-14-8-13-25(2,3)21(29)11-12-22-28(7)24(31)23-20(27(28,6)15-16-30(18,22)29)10-9-19(33-23)17-26(4,5)32/h18-19,21-22,24,31-32H,8-17H2,1-7H3/t18-,19-,21?,22+,24+,27-,28-,29?,30+/m1/s1. The normalized spacial score (nSPS) is 54.4. The van der Waals surface area contributed by atoms with Crippen molar-refractivity contribution in [2.24, 2.45) is 44.8 Å². The molecule has 2 N–H and O–H groups in total. The van der Waals surface area contributed by atoms with Gasteiger partial charge >= 0.3 is 0 Å². The van der Waals surface area contributed by atoms with Gasteiger partial charge in [-0.15, -0.1) is 0 Å². The van der Waals surface area contributed by atoms with Crippen molar-refractivity contribution < 1.29 is 14.9 Å². The van der Waals surface area contributed by atoms with Gasteiger partial charge in [0, 0.05) is 17.3 Å². The first-order valence-corrected chi connectivity index (χ1v) is 14.1. The zero-order valence-corrected chi connectivity index (χ0v) is 22.3. The molecule has 9 atom stereocenters. The average molecular weight is 457 g/mol. The van der Waals surface area contributed by atoms with Crippen LogP contribution < -0.4 is 0 Å². The summed E-state index contributed by atoms with van der Waals surface area (Å²) in [5.74, 6) is 3.13. The molecule has 2 unspecified atom stereocenters. The third-order valence-electron chi connectivity index (χ3n) is 13.1. The average Bonchev–Trinajstić information content (AvgIpc) is 3.18. The molecule has 6 aliphatic rings. The summed E-state index contributed by atoms with van der Waals surface area (Å²) in [5.41, 5.74) is 1.98. The van der Waals surface area contributed by atoms with Crippen molar-refractivity contribution in [1.82, 2.24) is 0 Å². The van der Waals surface area contributed by atoms with Gasteiger partial charge in [-0.05, 0) is 105 Å². The first-order valence-electron chi connectivity index (χ1n) is 14.1. The van der Waals surface area contributed by atoms with Gasteiger partial charge in [0.25, 0.3) is 0 Å². The van der Waals surface area contributed by atoms with Crippen LogP contribution in [0.2, 0.25) is 0 Å². The van der Waals surface area contributed by atoms with E-state index in [4.69, 9.17) is 4.74 Å². The number of aliphatic hydroxyl groups is 2. The zero-order valence-electron chi connectivity index (χ0n) is 22.3. The molecule has 6 rings (SSSR count). The third kappa shape index (κ3) is 2.45. The molecule has 0 bridgehead atoms. The van der Waals surface area contributed by atoms with Crippen molar-refractivity contribution in [3.05, 3.63) is 11.3 Å². The van der Waals surface area contributed by atoms with Crippen LogP contribution in [-0.2, 0) is 4.74 Å². The van der Waals surface area contributed by atoms with Gasteiger partial charge in [-0.25, -0.2) is 0 Å². The van der Waals surface area contributed by atoms with Gasteiger partial charge in [-0.1, -0.05) is 41.0 Å². The van der Waals surface area contributed by atoms with Gasteiger partial charge in [-0.3, -0.25) is 0 Å². The molecule has 33 heavy (non-hydrogen) atoms. The summed E-state index contributed by atoms with van der Waals surface area (Å²) in [6, 6.07) is 0. The van der Waals surface area contributed by atoms with E-state index in [9.17, 15) is 10.2 Å². The van der Waals surface area contributed by atoms with Crippen molar-refractivity contribution in [2.75, 3.05) is 0 Å². The first-order chi connectivity index (χ1) is 15.3. The maximum Gasteiger partial charge on any atom is 0.125 e. The number of hydrogen-bond acceptors (Lipinski definition) is 3. The van der Waals surface area contributed by atoms with Crippen molar-refractivity contribution in [1.29, 1.82) is 0 Å². The van der Waals surface area contributed by atoms with Crippen LogP contribution >= 0.6 is 0 Å². The van der Waals surface area contributed by atoms with Gasteiger partial charge in [0.05, 0.1) is 5.60 Å². The van der Waals surface area contributed by atoms with Crippen LogP contribution in [0.25, 0.3) is 0 Å². The molecule has 4 saturated carbocycles. The van der Waals surface area contributed by atoms with Crippen molar-refractivity contribution in [2.45, 2.75) is 130 Å². The monoisotopic (exact) mass is 456 g/mol. The Morgan fingerprint density at radius 2 is 1.61 bits per heavy atom. The Bertz CT molecular complexity index is 897. The van der Waals surface area contributed by atoms with Crippen LogP contribution in [0.3, 0.4) is 0 Å². The zero-order chi connectivity index (χ0) is 23.8. The fraction of sp³-hybridized carbons (Fsp3) is 0.933. The number of aliphatic hydroxyl groups excluding tert-OH is 1. The quantitative estimate of drug-likeness (QED) is 0.491. The fourth-order valence-electron chi connectivity index (χ4n) is 11.7. The van der Waals surface area contributed by atoms with E-state index >= 15 is 0 Å². The van der Waals surface area contributed by atoms with E-state index < -0.39 is 11.7 Å². The Hall–Kier alpha value is -0.540. The highest BCUT2D eigenvalue weighted by Crippen LogP contribution is 2.91. The number of rotatable bonds is 2. The highest BCUT2D eigenvalue weighted by molar-refractivity contribution is 5.42. The summed E-state index contributed by atoms with van der Waals surface area (Å²) in [4.78, 5) is 0. The van der Waals surface area contributed by atoms with E-state index in [-0.39, 0.29) is 16.9 Å². The second-order valence-electron chi connectivity index (χ2n) is 15.0. The Balaban J connectivity index is 1.38. The molecule has 1 aliphatic heterocycles. The van der Waals surface area contributed by atoms with Crippen LogP contribution in [0, 0.1) is 44.8 Å². The predicted octanol–water partition coefficient (Wildman–Crippen LogP) is 6.62. The molecule has 0 aromatic heterocycles. The Morgan fingerprint density at radius 3 is 2.30 bits per heavy atom. The molecular weight excluding hydrogens is 408 g/mol. The third-order valence-corrected chi connectivity index (χ3v) is 13.1. The second kappa shape index (κ2) is 6.41. The van der Waals surface area contributed by atoms with E-state index in [1.165, 1.54) is 50.5 Å². The van der Waals surface area contributed by atoms with Crippen LogP contribution in [0.5, 0.6) is 0 Å². The highest BCUT2D eigenvalue weighted by Gasteiger charge is 2.86. The molecule has 4 fully saturated rings. The van der Waals surface area contributed by atoms with E-state index in [0.29, 0.717) is 28.6 Å². The summed E-state index contributed by atoms with van der Waals surface area (Å²) in [5, 5.41) is 22.5. The van der Waals surface area contributed by atoms with E-state index in [1.807, 2.05) is 13.8 Å². The van der Waals surface area contributed by atoms with Crippen molar-refractivity contribution in [3.63, 3.8) is 0 Å². The lowest BCUT2D eigenvalue weighted by atomic mass is 9.42. The Labute approximate surface area is 201 Å². The predicted molar refractivity (Wildman–Crippen MR) is 131 cm³/mol. The Morgan fingerprint density at radius 1 is 0.939 bits per heavy atom. The van der Waals surface area contributed by atoms with Gasteiger partial charge < -0.3 is 14.9 Å². The van der Waals surface area contributed by atoms with E-state index in [2.05, 4.69) is 34.6 Å². The largest absolute Gasteiger partial charge is 0.492 e. The molecule has 0 saturated heterocycles. The maximum atomic E-state index is 12.1. The summed E-state index contributed by atoms with van der Waals surface area (Å²) in [6.07, 6.45) is 11.5. The molecule has 5 aliphatic carbocycles. The molecule has 0 aromatic carbocycles. The summed E-state index contributed by atoms with van der Waals surface area (Å²) in [7, 11) is 0. The fourth-order valence-corrected chi connectivity index (χ4v) is 11.7. The lowest BCUT2D eigenvalue weighted by molar-refractivity contribution is -0.160. The SMILES string of the molecule is C[C@@H]1C23CCCC(C)(C)C2CC[C@@H]2[C@]13CC[C@]1(C)C3=C(O[C@@H](CC(C)(C)O)CC3)[C@H](O)[C@@]21C. The number of ether oxygens (including phenoxy) is 1. The van der Waals surface area contributed by atoms with E-state index in [1.54, 1.807) is 0 Å². The molecule has 0 amide bonds. The topological polar surface area (TPSA) is 49.7 Å². The summed E-state index contributed by atoms with van der Waals surface area (Å²) >= 11 is 0. The molecule has 186 valence electrons. The van der Waals surface area contributed by atoms with Gasteiger partial charge in [-0.2, -0.15) is 0 Å². The highest BCUT2D eigenvalue weighted by atomic mass is 16.5. The molecular formula is C30H48O3. The molecule has 0 radical (unpaired) electrons. The molecule has 2 spiro atoms. The number of allylic oxidation sites excluding steroid dienone is 1. The van der Waals surface area contributed by atoms with Gasteiger partial charge in [0.2, 0.25) is 0 Å². The minimum absolute atomic E-state index is 0.0146. The minimum atomic E-state index is -0.737. The minimum Gasteiger partial charge on any atom is -0.492 e. The lowest BCUT2D eigenvalue weighted by Crippen LogP contribution is -2.58.